The van der Waals surface area contributed by atoms with Crippen LogP contribution in [-0.2, 0) is 20.7 Å². The third kappa shape index (κ3) is 3.12. The average Bonchev–Trinajstić information content (AvgIpc) is 2.23. The van der Waals surface area contributed by atoms with Crippen molar-refractivity contribution < 1.29 is 23.1 Å². The lowest BCUT2D eigenvalue weighted by atomic mass is 10.1. The van der Waals surface area contributed by atoms with Gasteiger partial charge >= 0.3 is 5.97 Å². The molecule has 1 aromatic rings. The molecule has 0 bridgehead atoms. The molecule has 0 unspecified atom stereocenters. The van der Waals surface area contributed by atoms with E-state index in [-0.39, 0.29) is 12.2 Å². The van der Waals surface area contributed by atoms with Crippen molar-refractivity contribution in [3.63, 3.8) is 0 Å². The number of ketones is 1. The molecule has 0 saturated heterocycles. The summed E-state index contributed by atoms with van der Waals surface area (Å²) >= 11 is 0. The second-order valence-corrected chi connectivity index (χ2v) is 3.06. The van der Waals surface area contributed by atoms with Gasteiger partial charge in [0.1, 0.15) is 11.6 Å². The SMILES string of the molecule is CCOC(=O)C(=O)Cc1cc(F)ccc1F. The second kappa shape index (κ2) is 5.34. The van der Waals surface area contributed by atoms with Gasteiger partial charge in [-0.3, -0.25) is 4.79 Å². The summed E-state index contributed by atoms with van der Waals surface area (Å²) in [6.07, 6.45) is -0.498. The lowest BCUT2D eigenvalue weighted by Gasteiger charge is -2.02. The minimum absolute atomic E-state index is 0.0657. The largest absolute Gasteiger partial charge is 0.460 e. The average molecular weight is 228 g/mol. The number of hydrogen-bond donors (Lipinski definition) is 0. The van der Waals surface area contributed by atoms with E-state index in [0.717, 1.165) is 18.2 Å². The van der Waals surface area contributed by atoms with Gasteiger partial charge in [0, 0.05) is 6.42 Å². The zero-order valence-corrected chi connectivity index (χ0v) is 8.63. The highest BCUT2D eigenvalue weighted by Gasteiger charge is 2.17. The van der Waals surface area contributed by atoms with E-state index in [0.29, 0.717) is 0 Å². The number of esters is 1. The summed E-state index contributed by atoms with van der Waals surface area (Å²) in [5.41, 5.74) is -0.155. The van der Waals surface area contributed by atoms with Crippen LogP contribution in [0.25, 0.3) is 0 Å². The van der Waals surface area contributed by atoms with Gasteiger partial charge in [-0.2, -0.15) is 0 Å². The van der Waals surface area contributed by atoms with Gasteiger partial charge < -0.3 is 4.74 Å². The summed E-state index contributed by atoms with van der Waals surface area (Å²) in [6.45, 7) is 1.62. The summed E-state index contributed by atoms with van der Waals surface area (Å²) in [5.74, 6) is -3.32. The zero-order chi connectivity index (χ0) is 12.1. The molecule has 86 valence electrons. The first-order chi connectivity index (χ1) is 7.54. The Morgan fingerprint density at radius 3 is 2.62 bits per heavy atom. The van der Waals surface area contributed by atoms with Gasteiger partial charge in [0.25, 0.3) is 0 Å². The van der Waals surface area contributed by atoms with Gasteiger partial charge in [-0.05, 0) is 30.7 Å². The van der Waals surface area contributed by atoms with E-state index >= 15 is 0 Å². The predicted molar refractivity (Wildman–Crippen MR) is 51.7 cm³/mol. The molecule has 1 aromatic carbocycles. The van der Waals surface area contributed by atoms with Crippen molar-refractivity contribution in [3.8, 4) is 0 Å². The standard InChI is InChI=1S/C11H10F2O3/c1-2-16-11(15)10(14)6-7-5-8(12)3-4-9(7)13/h3-5H,2,6H2,1H3. The molecule has 0 aliphatic heterocycles. The molecular formula is C11H10F2O3. The molecular weight excluding hydrogens is 218 g/mol. The van der Waals surface area contributed by atoms with Gasteiger partial charge in [-0.25, -0.2) is 13.6 Å². The number of ether oxygens (including phenoxy) is 1. The molecule has 0 aliphatic carbocycles. The molecule has 0 spiro atoms. The summed E-state index contributed by atoms with van der Waals surface area (Å²) in [5, 5.41) is 0. The number of benzene rings is 1. The van der Waals surface area contributed by atoms with Gasteiger partial charge in [0.05, 0.1) is 6.61 Å². The first-order valence-electron chi connectivity index (χ1n) is 4.68. The first-order valence-corrected chi connectivity index (χ1v) is 4.68. The summed E-state index contributed by atoms with van der Waals surface area (Å²) in [6, 6.07) is 2.73. The first kappa shape index (κ1) is 12.3. The Morgan fingerprint density at radius 1 is 1.31 bits per heavy atom. The van der Waals surface area contributed by atoms with Crippen molar-refractivity contribution in [1.82, 2.24) is 0 Å². The van der Waals surface area contributed by atoms with Crippen LogP contribution >= 0.6 is 0 Å². The van der Waals surface area contributed by atoms with Gasteiger partial charge in [-0.1, -0.05) is 0 Å². The molecule has 0 aliphatic rings. The molecule has 3 nitrogen and oxygen atoms in total. The molecule has 0 fully saturated rings. The topological polar surface area (TPSA) is 43.4 Å². The normalized spacial score (nSPS) is 9.94. The fourth-order valence-electron chi connectivity index (χ4n) is 1.14. The minimum atomic E-state index is -1.04. The van der Waals surface area contributed by atoms with Crippen molar-refractivity contribution in [1.29, 1.82) is 0 Å². The van der Waals surface area contributed by atoms with E-state index < -0.39 is 29.8 Å². The minimum Gasteiger partial charge on any atom is -0.460 e. The molecule has 0 heterocycles. The van der Waals surface area contributed by atoms with Crippen molar-refractivity contribution in [2.45, 2.75) is 13.3 Å². The van der Waals surface area contributed by atoms with E-state index in [1.54, 1.807) is 6.92 Å². The van der Waals surface area contributed by atoms with Crippen LogP contribution in [0.5, 0.6) is 0 Å². The third-order valence-corrected chi connectivity index (χ3v) is 1.86. The van der Waals surface area contributed by atoms with Gasteiger partial charge in [-0.15, -0.1) is 0 Å². The van der Waals surface area contributed by atoms with Crippen LogP contribution in [0, 0.1) is 11.6 Å². The Morgan fingerprint density at radius 2 is 2.00 bits per heavy atom. The van der Waals surface area contributed by atoms with Crippen LogP contribution in [0.2, 0.25) is 0 Å². The lowest BCUT2D eigenvalue weighted by molar-refractivity contribution is -0.153. The summed E-state index contributed by atoms with van der Waals surface area (Å²) in [4.78, 5) is 22.2. The van der Waals surface area contributed by atoms with E-state index in [9.17, 15) is 18.4 Å². The van der Waals surface area contributed by atoms with Crippen molar-refractivity contribution >= 4 is 11.8 Å². The fraction of sp³-hybridized carbons (Fsp3) is 0.273. The van der Waals surface area contributed by atoms with Crippen LogP contribution in [0.4, 0.5) is 8.78 Å². The van der Waals surface area contributed by atoms with E-state index in [1.165, 1.54) is 0 Å². The number of halogens is 2. The maximum atomic E-state index is 13.1. The Balaban J connectivity index is 2.76. The highest BCUT2D eigenvalue weighted by Crippen LogP contribution is 2.10. The van der Waals surface area contributed by atoms with Crippen LogP contribution < -0.4 is 0 Å². The van der Waals surface area contributed by atoms with Gasteiger partial charge in [0.15, 0.2) is 0 Å². The highest BCUT2D eigenvalue weighted by atomic mass is 19.1. The van der Waals surface area contributed by atoms with Crippen molar-refractivity contribution in [2.24, 2.45) is 0 Å². The Kier molecular flexibility index (Phi) is 4.10. The van der Waals surface area contributed by atoms with Crippen LogP contribution in [0.3, 0.4) is 0 Å². The van der Waals surface area contributed by atoms with E-state index in [1.807, 2.05) is 0 Å². The number of rotatable bonds is 4. The monoisotopic (exact) mass is 228 g/mol. The highest BCUT2D eigenvalue weighted by molar-refractivity contribution is 6.34. The van der Waals surface area contributed by atoms with Crippen LogP contribution in [-0.4, -0.2) is 18.4 Å². The number of carbonyl (C=O) groups is 2. The third-order valence-electron chi connectivity index (χ3n) is 1.86. The maximum absolute atomic E-state index is 13.1. The molecule has 0 saturated carbocycles. The molecule has 0 amide bonds. The number of Topliss-reactive ketones (excluding diaryl/α,β-unsaturated/α-hetero) is 1. The second-order valence-electron chi connectivity index (χ2n) is 3.06. The molecule has 0 radical (unpaired) electrons. The number of carbonyl (C=O) groups excluding carboxylic acids is 2. The summed E-state index contributed by atoms with van der Waals surface area (Å²) < 4.78 is 30.3. The van der Waals surface area contributed by atoms with Crippen LogP contribution in [0.1, 0.15) is 12.5 Å². The Labute approximate surface area is 91.0 Å². The molecule has 0 aromatic heterocycles. The maximum Gasteiger partial charge on any atom is 0.374 e. The van der Waals surface area contributed by atoms with Crippen molar-refractivity contribution in [3.05, 3.63) is 35.4 Å². The Bertz CT molecular complexity index is 416. The van der Waals surface area contributed by atoms with Crippen molar-refractivity contribution in [2.75, 3.05) is 6.61 Å². The zero-order valence-electron chi connectivity index (χ0n) is 8.63. The molecule has 16 heavy (non-hydrogen) atoms. The summed E-state index contributed by atoms with van der Waals surface area (Å²) in [7, 11) is 0. The van der Waals surface area contributed by atoms with Gasteiger partial charge in [0.2, 0.25) is 5.78 Å². The smallest absolute Gasteiger partial charge is 0.374 e. The molecule has 0 atom stereocenters. The number of hydrogen-bond acceptors (Lipinski definition) is 3. The quantitative estimate of drug-likeness (QED) is 0.581. The van der Waals surface area contributed by atoms with E-state index in [4.69, 9.17) is 0 Å². The van der Waals surface area contributed by atoms with Crippen LogP contribution in [0.15, 0.2) is 18.2 Å². The lowest BCUT2D eigenvalue weighted by Crippen LogP contribution is -2.20. The Hall–Kier alpha value is -1.78. The molecule has 1 rings (SSSR count). The fourth-order valence-corrected chi connectivity index (χ4v) is 1.14. The molecule has 0 N–H and O–H groups in total. The van der Waals surface area contributed by atoms with E-state index in [2.05, 4.69) is 4.74 Å². The predicted octanol–water partition coefficient (Wildman–Crippen LogP) is 1.64. The molecule has 5 heteroatoms.